The SMILES string of the molecule is CCCOc1ccc(Oc2ncccc2CNC(=O)c2ccc(C)c(NS(C)(=O)=O)c2)cc1. The van der Waals surface area contributed by atoms with E-state index in [0.29, 0.717) is 40.6 Å². The lowest BCUT2D eigenvalue weighted by molar-refractivity contribution is 0.0950. The predicted octanol–water partition coefficient (Wildman–Crippen LogP) is 4.27. The average Bonchev–Trinajstić information content (AvgIpc) is 2.78. The summed E-state index contributed by atoms with van der Waals surface area (Å²) < 4.78 is 37.0. The Kier molecular flexibility index (Phi) is 7.89. The van der Waals surface area contributed by atoms with Crippen molar-refractivity contribution in [2.24, 2.45) is 0 Å². The third-order valence-electron chi connectivity index (χ3n) is 4.60. The molecule has 8 nitrogen and oxygen atoms in total. The molecule has 33 heavy (non-hydrogen) atoms. The highest BCUT2D eigenvalue weighted by molar-refractivity contribution is 7.92. The van der Waals surface area contributed by atoms with Gasteiger partial charge in [0.25, 0.3) is 5.91 Å². The zero-order valence-electron chi connectivity index (χ0n) is 18.8. The van der Waals surface area contributed by atoms with Crippen LogP contribution in [0.4, 0.5) is 5.69 Å². The van der Waals surface area contributed by atoms with Gasteiger partial charge in [-0.05, 0) is 61.4 Å². The van der Waals surface area contributed by atoms with Gasteiger partial charge in [0, 0.05) is 23.9 Å². The molecule has 1 amide bonds. The number of aryl methyl sites for hydroxylation is 1. The number of nitrogens with zero attached hydrogens (tertiary/aromatic N) is 1. The van der Waals surface area contributed by atoms with Crippen LogP contribution >= 0.6 is 0 Å². The Hall–Kier alpha value is -3.59. The molecule has 0 fully saturated rings. The van der Waals surface area contributed by atoms with E-state index >= 15 is 0 Å². The highest BCUT2D eigenvalue weighted by atomic mass is 32.2. The van der Waals surface area contributed by atoms with E-state index in [1.807, 2.05) is 25.1 Å². The van der Waals surface area contributed by atoms with Gasteiger partial charge in [-0.1, -0.05) is 19.1 Å². The molecule has 0 spiro atoms. The molecule has 9 heteroatoms. The minimum absolute atomic E-state index is 0.183. The Morgan fingerprint density at radius 2 is 1.79 bits per heavy atom. The second-order valence-corrected chi connectivity index (χ2v) is 9.22. The normalized spacial score (nSPS) is 11.0. The number of hydrogen-bond acceptors (Lipinski definition) is 6. The van der Waals surface area contributed by atoms with Gasteiger partial charge in [-0.2, -0.15) is 0 Å². The second-order valence-electron chi connectivity index (χ2n) is 7.48. The number of sulfonamides is 1. The minimum atomic E-state index is -3.45. The minimum Gasteiger partial charge on any atom is -0.494 e. The first-order valence-corrected chi connectivity index (χ1v) is 12.4. The summed E-state index contributed by atoms with van der Waals surface area (Å²) in [6.45, 7) is 4.64. The van der Waals surface area contributed by atoms with Crippen molar-refractivity contribution in [3.8, 4) is 17.4 Å². The van der Waals surface area contributed by atoms with E-state index in [9.17, 15) is 13.2 Å². The first kappa shape index (κ1) is 24.1. The summed E-state index contributed by atoms with van der Waals surface area (Å²) in [7, 11) is -3.45. The topological polar surface area (TPSA) is 107 Å². The van der Waals surface area contributed by atoms with Crippen LogP contribution in [0.15, 0.2) is 60.8 Å². The Bertz CT molecular complexity index is 1210. The van der Waals surface area contributed by atoms with Crippen LogP contribution in [0.3, 0.4) is 0 Å². The number of carbonyl (C=O) groups is 1. The van der Waals surface area contributed by atoms with Crippen LogP contribution in [-0.4, -0.2) is 32.2 Å². The van der Waals surface area contributed by atoms with Crippen LogP contribution in [0.1, 0.15) is 34.8 Å². The average molecular weight is 470 g/mol. The smallest absolute Gasteiger partial charge is 0.251 e. The first-order chi connectivity index (χ1) is 15.7. The van der Waals surface area contributed by atoms with Gasteiger partial charge in [-0.3, -0.25) is 9.52 Å². The maximum Gasteiger partial charge on any atom is 0.251 e. The number of benzene rings is 2. The number of carbonyl (C=O) groups excluding carboxylic acids is 1. The molecule has 1 aromatic heterocycles. The molecular weight excluding hydrogens is 442 g/mol. The highest BCUT2D eigenvalue weighted by Crippen LogP contribution is 2.25. The van der Waals surface area contributed by atoms with Crippen molar-refractivity contribution in [1.82, 2.24) is 10.3 Å². The monoisotopic (exact) mass is 469 g/mol. The molecule has 174 valence electrons. The second kappa shape index (κ2) is 10.8. The fraction of sp³-hybridized carbons (Fsp3) is 0.250. The molecule has 0 aliphatic carbocycles. The molecule has 3 rings (SSSR count). The summed E-state index contributed by atoms with van der Waals surface area (Å²) in [4.78, 5) is 17.0. The molecule has 0 bridgehead atoms. The Labute approximate surface area is 194 Å². The van der Waals surface area contributed by atoms with Crippen molar-refractivity contribution in [3.63, 3.8) is 0 Å². The summed E-state index contributed by atoms with van der Waals surface area (Å²) in [5.74, 6) is 1.39. The third kappa shape index (κ3) is 7.21. The van der Waals surface area contributed by atoms with Gasteiger partial charge in [-0.15, -0.1) is 0 Å². The van der Waals surface area contributed by atoms with E-state index in [0.717, 1.165) is 18.4 Å². The Morgan fingerprint density at radius 3 is 2.48 bits per heavy atom. The zero-order chi connectivity index (χ0) is 23.8. The van der Waals surface area contributed by atoms with Crippen molar-refractivity contribution in [2.45, 2.75) is 26.8 Å². The van der Waals surface area contributed by atoms with E-state index in [1.54, 1.807) is 43.5 Å². The summed E-state index contributed by atoms with van der Waals surface area (Å²) in [5, 5.41) is 2.83. The van der Waals surface area contributed by atoms with Gasteiger partial charge in [0.05, 0.1) is 18.6 Å². The van der Waals surface area contributed by atoms with Crippen molar-refractivity contribution in [1.29, 1.82) is 0 Å². The maximum absolute atomic E-state index is 12.7. The molecule has 0 saturated carbocycles. The number of pyridine rings is 1. The molecule has 0 atom stereocenters. The quantitative estimate of drug-likeness (QED) is 0.459. The van der Waals surface area contributed by atoms with E-state index in [4.69, 9.17) is 9.47 Å². The highest BCUT2D eigenvalue weighted by Gasteiger charge is 2.13. The zero-order valence-corrected chi connectivity index (χ0v) is 19.6. The summed E-state index contributed by atoms with van der Waals surface area (Å²) in [5.41, 5.74) is 2.10. The van der Waals surface area contributed by atoms with Crippen molar-refractivity contribution >= 4 is 21.6 Å². The Balaban J connectivity index is 1.68. The van der Waals surface area contributed by atoms with E-state index in [1.165, 1.54) is 6.07 Å². The number of amides is 1. The van der Waals surface area contributed by atoms with Gasteiger partial charge in [-0.25, -0.2) is 13.4 Å². The van der Waals surface area contributed by atoms with Gasteiger partial charge in [0.1, 0.15) is 11.5 Å². The van der Waals surface area contributed by atoms with Crippen LogP contribution in [0.5, 0.6) is 17.4 Å². The number of rotatable bonds is 10. The molecule has 0 unspecified atom stereocenters. The maximum atomic E-state index is 12.7. The summed E-state index contributed by atoms with van der Waals surface area (Å²) in [6, 6.07) is 15.7. The van der Waals surface area contributed by atoms with Crippen LogP contribution in [0.2, 0.25) is 0 Å². The lowest BCUT2D eigenvalue weighted by Gasteiger charge is -2.13. The molecule has 3 aromatic rings. The van der Waals surface area contributed by atoms with Crippen molar-refractivity contribution < 1.29 is 22.7 Å². The third-order valence-corrected chi connectivity index (χ3v) is 5.19. The largest absolute Gasteiger partial charge is 0.494 e. The molecule has 2 aromatic carbocycles. The number of nitrogens with one attached hydrogen (secondary N) is 2. The van der Waals surface area contributed by atoms with Crippen molar-refractivity contribution in [2.75, 3.05) is 17.6 Å². The van der Waals surface area contributed by atoms with Crippen LogP contribution in [0.25, 0.3) is 0 Å². The first-order valence-electron chi connectivity index (χ1n) is 10.5. The van der Waals surface area contributed by atoms with Crippen LogP contribution < -0.4 is 19.5 Å². The molecule has 1 heterocycles. The lowest BCUT2D eigenvalue weighted by Crippen LogP contribution is -2.23. The lowest BCUT2D eigenvalue weighted by atomic mass is 10.1. The van der Waals surface area contributed by atoms with Crippen LogP contribution in [-0.2, 0) is 16.6 Å². The van der Waals surface area contributed by atoms with Crippen LogP contribution in [0, 0.1) is 6.92 Å². The van der Waals surface area contributed by atoms with Gasteiger partial charge >= 0.3 is 0 Å². The predicted molar refractivity (Wildman–Crippen MR) is 127 cm³/mol. The molecular formula is C24H27N3O5S. The fourth-order valence-electron chi connectivity index (χ4n) is 2.94. The number of hydrogen-bond donors (Lipinski definition) is 2. The number of ether oxygens (including phenoxy) is 2. The molecule has 0 aliphatic heterocycles. The number of aromatic nitrogens is 1. The Morgan fingerprint density at radius 1 is 1.06 bits per heavy atom. The van der Waals surface area contributed by atoms with Gasteiger partial charge < -0.3 is 14.8 Å². The fourth-order valence-corrected chi connectivity index (χ4v) is 3.56. The van der Waals surface area contributed by atoms with Gasteiger partial charge in [0.15, 0.2) is 0 Å². The number of anilines is 1. The summed E-state index contributed by atoms with van der Waals surface area (Å²) in [6.07, 6.45) is 3.61. The standard InChI is InChI=1S/C24H27N3O5S/c1-4-14-31-20-9-11-21(12-10-20)32-24-19(6-5-13-25-24)16-26-23(28)18-8-7-17(2)22(15-18)27-33(3,29)30/h5-13,15,27H,4,14,16H2,1-3H3,(H,26,28). The van der Waals surface area contributed by atoms with E-state index < -0.39 is 10.0 Å². The van der Waals surface area contributed by atoms with Crippen molar-refractivity contribution in [3.05, 3.63) is 77.5 Å². The molecule has 0 saturated heterocycles. The van der Waals surface area contributed by atoms with Gasteiger partial charge in [0.2, 0.25) is 15.9 Å². The van der Waals surface area contributed by atoms with E-state index in [2.05, 4.69) is 15.0 Å². The molecule has 0 radical (unpaired) electrons. The molecule has 0 aliphatic rings. The van der Waals surface area contributed by atoms with E-state index in [-0.39, 0.29) is 12.5 Å². The summed E-state index contributed by atoms with van der Waals surface area (Å²) >= 11 is 0. The molecule has 2 N–H and O–H groups in total.